The highest BCUT2D eigenvalue weighted by atomic mass is 35.5. The molecule has 1 unspecified atom stereocenters. The molecule has 1 N–H and O–H groups in total. The maximum absolute atomic E-state index is 13.8. The van der Waals surface area contributed by atoms with E-state index in [9.17, 15) is 19.3 Å². The summed E-state index contributed by atoms with van der Waals surface area (Å²) in [5, 5.41) is 22.2. The number of nitrogens with one attached hydrogen (secondary N) is 1. The van der Waals surface area contributed by atoms with E-state index >= 15 is 0 Å². The monoisotopic (exact) mass is 465 g/mol. The number of hydrogen-bond acceptors (Lipinski definition) is 7. The minimum atomic E-state index is -0.768. The van der Waals surface area contributed by atoms with Crippen LogP contribution in [-0.4, -0.2) is 31.3 Å². The number of thioether (sulfide) groups is 1. The molecule has 0 aliphatic heterocycles. The van der Waals surface area contributed by atoms with E-state index < -0.39 is 22.8 Å². The third kappa shape index (κ3) is 5.50. The van der Waals surface area contributed by atoms with Crippen molar-refractivity contribution in [3.63, 3.8) is 0 Å². The first-order chi connectivity index (χ1) is 14.8. The molecule has 0 radical (unpaired) electrons. The lowest BCUT2D eigenvalue weighted by Gasteiger charge is -2.15. The van der Waals surface area contributed by atoms with E-state index in [4.69, 9.17) is 16.3 Å². The Morgan fingerprint density at radius 3 is 2.81 bits per heavy atom. The van der Waals surface area contributed by atoms with Gasteiger partial charge in [-0.25, -0.2) is 4.39 Å². The lowest BCUT2D eigenvalue weighted by molar-refractivity contribution is -0.384. The van der Waals surface area contributed by atoms with E-state index in [0.29, 0.717) is 21.8 Å². The van der Waals surface area contributed by atoms with Crippen LogP contribution in [0.15, 0.2) is 47.6 Å². The molecule has 2 aromatic carbocycles. The van der Waals surface area contributed by atoms with Crippen LogP contribution in [-0.2, 0) is 11.8 Å². The molecule has 12 heteroatoms. The van der Waals surface area contributed by atoms with Crippen LogP contribution >= 0.6 is 23.4 Å². The van der Waals surface area contributed by atoms with Gasteiger partial charge in [-0.05, 0) is 25.1 Å². The number of nitrogens with zero attached hydrogens (tertiary/aromatic N) is 4. The van der Waals surface area contributed by atoms with E-state index in [0.717, 1.165) is 30.0 Å². The van der Waals surface area contributed by atoms with Crippen LogP contribution in [0.3, 0.4) is 0 Å². The number of nitro benzene ring substituents is 1. The van der Waals surface area contributed by atoms with Gasteiger partial charge in [-0.15, -0.1) is 10.2 Å². The summed E-state index contributed by atoms with van der Waals surface area (Å²) in [4.78, 5) is 22.3. The topological polar surface area (TPSA) is 112 Å². The molecule has 0 aliphatic carbocycles. The minimum Gasteiger partial charge on any atom is -0.481 e. The molecule has 0 bridgehead atoms. The summed E-state index contributed by atoms with van der Waals surface area (Å²) < 4.78 is 21.3. The number of carbonyl (C=O) groups is 1. The number of carbonyl (C=O) groups excluding carboxylic acids is 1. The third-order valence-corrected chi connectivity index (χ3v) is 5.47. The van der Waals surface area contributed by atoms with Gasteiger partial charge >= 0.3 is 0 Å². The fourth-order valence-corrected chi connectivity index (χ4v) is 3.53. The SMILES string of the molecule is CC(Oc1ccccc1Cl)c1nnc(SCC(=O)Nc2cc([N+](=O)[O-])ccc2F)n1C. The Morgan fingerprint density at radius 1 is 1.35 bits per heavy atom. The molecule has 1 amide bonds. The fraction of sp³-hybridized carbons (Fsp3) is 0.211. The Morgan fingerprint density at radius 2 is 2.10 bits per heavy atom. The lowest BCUT2D eigenvalue weighted by atomic mass is 10.2. The number of nitro groups is 1. The Kier molecular flexibility index (Phi) is 7.08. The largest absolute Gasteiger partial charge is 0.481 e. The average Bonchev–Trinajstić information content (AvgIpc) is 3.10. The van der Waals surface area contributed by atoms with Crippen LogP contribution in [0.25, 0.3) is 0 Å². The molecule has 162 valence electrons. The second-order valence-corrected chi connectivity index (χ2v) is 7.70. The summed E-state index contributed by atoms with van der Waals surface area (Å²) in [7, 11) is 1.72. The van der Waals surface area contributed by atoms with Gasteiger partial charge in [0.25, 0.3) is 5.69 Å². The summed E-state index contributed by atoms with van der Waals surface area (Å²) in [6, 6.07) is 9.96. The average molecular weight is 466 g/mol. The smallest absolute Gasteiger partial charge is 0.271 e. The first-order valence-corrected chi connectivity index (χ1v) is 10.3. The fourth-order valence-electron chi connectivity index (χ4n) is 2.63. The standard InChI is InChI=1S/C19H17ClFN5O4S/c1-11(30-16-6-4-3-5-13(16)20)18-23-24-19(25(18)2)31-10-17(27)22-15-9-12(26(28)29)7-8-14(15)21/h3-9,11H,10H2,1-2H3,(H,22,27). The quantitative estimate of drug-likeness (QED) is 0.298. The number of aromatic nitrogens is 3. The number of para-hydroxylation sites is 1. The van der Waals surface area contributed by atoms with E-state index in [1.165, 1.54) is 0 Å². The summed E-state index contributed by atoms with van der Waals surface area (Å²) in [5.41, 5.74) is -0.588. The number of rotatable bonds is 8. The first kappa shape index (κ1) is 22.5. The molecule has 3 aromatic rings. The number of hydrogen-bond donors (Lipinski definition) is 1. The normalized spacial score (nSPS) is 11.7. The molecule has 9 nitrogen and oxygen atoms in total. The van der Waals surface area contributed by atoms with Gasteiger partial charge < -0.3 is 14.6 Å². The van der Waals surface area contributed by atoms with Gasteiger partial charge in [0.15, 0.2) is 17.1 Å². The van der Waals surface area contributed by atoms with Crippen LogP contribution in [0.5, 0.6) is 5.75 Å². The van der Waals surface area contributed by atoms with Crippen LogP contribution < -0.4 is 10.1 Å². The number of non-ortho nitro benzene ring substituents is 1. The molecular formula is C19H17ClFN5O4S. The molecule has 1 atom stereocenters. The van der Waals surface area contributed by atoms with E-state index in [1.807, 2.05) is 0 Å². The number of ether oxygens (including phenoxy) is 1. The molecule has 31 heavy (non-hydrogen) atoms. The summed E-state index contributed by atoms with van der Waals surface area (Å²) >= 11 is 7.19. The van der Waals surface area contributed by atoms with Gasteiger partial charge in [0.2, 0.25) is 5.91 Å². The molecule has 1 aromatic heterocycles. The zero-order chi connectivity index (χ0) is 22.5. The van der Waals surface area contributed by atoms with E-state index in [2.05, 4.69) is 15.5 Å². The number of anilines is 1. The second-order valence-electron chi connectivity index (χ2n) is 6.35. The summed E-state index contributed by atoms with van der Waals surface area (Å²) in [6.45, 7) is 1.79. The van der Waals surface area contributed by atoms with Gasteiger partial charge in [-0.3, -0.25) is 14.9 Å². The third-order valence-electron chi connectivity index (χ3n) is 4.14. The Balaban J connectivity index is 1.62. The van der Waals surface area contributed by atoms with Gasteiger partial charge in [0.05, 0.1) is 21.4 Å². The molecular weight excluding hydrogens is 449 g/mol. The zero-order valence-corrected chi connectivity index (χ0v) is 18.0. The van der Waals surface area contributed by atoms with Crippen molar-refractivity contribution >= 4 is 40.6 Å². The minimum absolute atomic E-state index is 0.103. The Hall–Kier alpha value is -3.18. The van der Waals surface area contributed by atoms with Crippen molar-refractivity contribution in [3.8, 4) is 5.75 Å². The highest BCUT2D eigenvalue weighted by Gasteiger charge is 2.19. The first-order valence-electron chi connectivity index (χ1n) is 8.93. The number of halogens is 2. The predicted molar refractivity (Wildman–Crippen MR) is 114 cm³/mol. The van der Waals surface area contributed by atoms with Crippen molar-refractivity contribution in [3.05, 3.63) is 69.2 Å². The summed E-state index contributed by atoms with van der Waals surface area (Å²) in [6.07, 6.45) is -0.459. The zero-order valence-electron chi connectivity index (χ0n) is 16.4. The van der Waals surface area contributed by atoms with Crippen LogP contribution in [0.1, 0.15) is 18.9 Å². The number of benzene rings is 2. The van der Waals surface area contributed by atoms with Crippen molar-refractivity contribution in [2.75, 3.05) is 11.1 Å². The van der Waals surface area contributed by atoms with Crippen LogP contribution in [0, 0.1) is 15.9 Å². The highest BCUT2D eigenvalue weighted by Crippen LogP contribution is 2.29. The molecule has 0 spiro atoms. The second kappa shape index (κ2) is 9.75. The van der Waals surface area contributed by atoms with Gasteiger partial charge in [0.1, 0.15) is 11.6 Å². The maximum Gasteiger partial charge on any atom is 0.271 e. The van der Waals surface area contributed by atoms with Crippen LogP contribution in [0.2, 0.25) is 5.02 Å². The van der Waals surface area contributed by atoms with Crippen molar-refractivity contribution in [1.82, 2.24) is 14.8 Å². The molecule has 0 saturated carbocycles. The highest BCUT2D eigenvalue weighted by molar-refractivity contribution is 7.99. The molecule has 0 fully saturated rings. The molecule has 1 heterocycles. The molecule has 0 aliphatic rings. The van der Waals surface area contributed by atoms with Gasteiger partial charge in [0, 0.05) is 19.2 Å². The molecule has 0 saturated heterocycles. The van der Waals surface area contributed by atoms with Gasteiger partial charge in [-0.1, -0.05) is 35.5 Å². The summed E-state index contributed by atoms with van der Waals surface area (Å²) in [5.74, 6) is -0.391. The molecule has 3 rings (SSSR count). The van der Waals surface area contributed by atoms with Crippen molar-refractivity contribution in [1.29, 1.82) is 0 Å². The van der Waals surface area contributed by atoms with E-state index in [1.54, 1.807) is 42.8 Å². The van der Waals surface area contributed by atoms with Crippen molar-refractivity contribution < 1.29 is 18.8 Å². The maximum atomic E-state index is 13.8. The van der Waals surface area contributed by atoms with Crippen molar-refractivity contribution in [2.45, 2.75) is 18.2 Å². The van der Waals surface area contributed by atoms with E-state index in [-0.39, 0.29) is 17.1 Å². The Bertz CT molecular complexity index is 1130. The van der Waals surface area contributed by atoms with Gasteiger partial charge in [-0.2, -0.15) is 0 Å². The predicted octanol–water partition coefficient (Wildman–Crippen LogP) is 4.39. The van der Waals surface area contributed by atoms with Crippen molar-refractivity contribution in [2.24, 2.45) is 7.05 Å². The lowest BCUT2D eigenvalue weighted by Crippen LogP contribution is -2.16. The number of amides is 1. The van der Waals surface area contributed by atoms with Crippen LogP contribution in [0.4, 0.5) is 15.8 Å². The Labute approximate surface area is 185 Å².